The molecule has 1 saturated heterocycles. The summed E-state index contributed by atoms with van der Waals surface area (Å²) in [5.74, 6) is 0.634. The Kier molecular flexibility index (Phi) is 4.80. The highest BCUT2D eigenvalue weighted by Gasteiger charge is 2.26. The number of hydrogen-bond donors (Lipinski definition) is 0. The summed E-state index contributed by atoms with van der Waals surface area (Å²) >= 11 is 0. The molecule has 0 bridgehead atoms. The fourth-order valence-electron chi connectivity index (χ4n) is 3.79. The summed E-state index contributed by atoms with van der Waals surface area (Å²) < 4.78 is 1.82. The second-order valence-electron chi connectivity index (χ2n) is 7.54. The fourth-order valence-corrected chi connectivity index (χ4v) is 3.79. The predicted octanol–water partition coefficient (Wildman–Crippen LogP) is 4.72. The Balaban J connectivity index is 1.79. The molecule has 1 amide bonds. The van der Waals surface area contributed by atoms with Crippen molar-refractivity contribution in [3.63, 3.8) is 0 Å². The van der Waals surface area contributed by atoms with Crippen LogP contribution in [0, 0.1) is 12.8 Å². The van der Waals surface area contributed by atoms with Crippen LogP contribution in [-0.4, -0.2) is 33.7 Å². The van der Waals surface area contributed by atoms with Crippen LogP contribution < -0.4 is 0 Å². The van der Waals surface area contributed by atoms with Crippen molar-refractivity contribution in [3.8, 4) is 16.9 Å². The Morgan fingerprint density at radius 3 is 2.67 bits per heavy atom. The highest BCUT2D eigenvalue weighted by molar-refractivity contribution is 6.00. The molecule has 3 aromatic rings. The topological polar surface area (TPSA) is 38.1 Å². The van der Waals surface area contributed by atoms with Crippen LogP contribution >= 0.6 is 0 Å². The van der Waals surface area contributed by atoms with Gasteiger partial charge in [-0.1, -0.05) is 48.9 Å². The maximum atomic E-state index is 13.3. The van der Waals surface area contributed by atoms with Crippen molar-refractivity contribution in [3.05, 3.63) is 71.9 Å². The SMILES string of the molecule is Cc1cccc(-c2nn(-c3ccccc3)cc2C(=O)N2CCC[C@H](C)C2)c1. The first-order chi connectivity index (χ1) is 13.1. The van der Waals surface area contributed by atoms with Crippen molar-refractivity contribution in [1.29, 1.82) is 0 Å². The van der Waals surface area contributed by atoms with Gasteiger partial charge in [-0.2, -0.15) is 5.10 Å². The quantitative estimate of drug-likeness (QED) is 0.679. The number of carbonyl (C=O) groups is 1. The summed E-state index contributed by atoms with van der Waals surface area (Å²) in [6.07, 6.45) is 4.14. The highest BCUT2D eigenvalue weighted by atomic mass is 16.2. The summed E-state index contributed by atoms with van der Waals surface area (Å²) in [6.45, 7) is 5.93. The average Bonchev–Trinajstić information content (AvgIpc) is 3.13. The maximum absolute atomic E-state index is 13.3. The smallest absolute Gasteiger partial charge is 0.257 e. The van der Waals surface area contributed by atoms with Gasteiger partial charge in [-0.3, -0.25) is 4.79 Å². The van der Waals surface area contributed by atoms with Gasteiger partial charge in [0.05, 0.1) is 11.3 Å². The molecule has 0 N–H and O–H groups in total. The number of piperidine rings is 1. The molecule has 4 rings (SSSR count). The Labute approximate surface area is 160 Å². The first kappa shape index (κ1) is 17.5. The number of likely N-dealkylation sites (tertiary alicyclic amines) is 1. The lowest BCUT2D eigenvalue weighted by Crippen LogP contribution is -2.39. The molecule has 0 aliphatic carbocycles. The molecule has 2 aromatic carbocycles. The van der Waals surface area contributed by atoms with Gasteiger partial charge < -0.3 is 4.90 Å². The number of benzene rings is 2. The molecule has 1 aromatic heterocycles. The zero-order valence-corrected chi connectivity index (χ0v) is 15.9. The molecule has 0 saturated carbocycles. The number of para-hydroxylation sites is 1. The monoisotopic (exact) mass is 359 g/mol. The number of amides is 1. The molecule has 1 fully saturated rings. The minimum Gasteiger partial charge on any atom is -0.338 e. The second kappa shape index (κ2) is 7.39. The lowest BCUT2D eigenvalue weighted by molar-refractivity contribution is 0.0684. The number of nitrogens with zero attached hydrogens (tertiary/aromatic N) is 3. The molecule has 138 valence electrons. The van der Waals surface area contributed by atoms with Gasteiger partial charge in [-0.15, -0.1) is 0 Å². The maximum Gasteiger partial charge on any atom is 0.257 e. The zero-order chi connectivity index (χ0) is 18.8. The Morgan fingerprint density at radius 2 is 1.93 bits per heavy atom. The van der Waals surface area contributed by atoms with Crippen molar-refractivity contribution in [2.24, 2.45) is 5.92 Å². The number of aryl methyl sites for hydroxylation is 1. The van der Waals surface area contributed by atoms with E-state index in [2.05, 4.69) is 26.0 Å². The van der Waals surface area contributed by atoms with Crippen LogP contribution in [-0.2, 0) is 0 Å². The normalized spacial score (nSPS) is 17.1. The van der Waals surface area contributed by atoms with E-state index >= 15 is 0 Å². The standard InChI is InChI=1S/C23H25N3O/c1-17-8-6-10-19(14-17)22-21(23(27)25-13-7-9-18(2)15-25)16-26(24-22)20-11-4-3-5-12-20/h3-6,8,10-12,14,16,18H,7,9,13,15H2,1-2H3/t18-/m0/s1. The minimum absolute atomic E-state index is 0.0836. The van der Waals surface area contributed by atoms with Gasteiger partial charge >= 0.3 is 0 Å². The molecule has 2 heterocycles. The molecule has 4 nitrogen and oxygen atoms in total. The molecule has 1 atom stereocenters. The summed E-state index contributed by atoms with van der Waals surface area (Å²) in [5, 5.41) is 4.80. The fraction of sp³-hybridized carbons (Fsp3) is 0.304. The second-order valence-corrected chi connectivity index (χ2v) is 7.54. The predicted molar refractivity (Wildman–Crippen MR) is 108 cm³/mol. The molecule has 1 aliphatic heterocycles. The summed E-state index contributed by atoms with van der Waals surface area (Å²) in [5.41, 5.74) is 4.53. The molecule has 0 radical (unpaired) electrons. The van der Waals surface area contributed by atoms with Crippen molar-refractivity contribution < 1.29 is 4.79 Å². The third-order valence-corrected chi connectivity index (χ3v) is 5.20. The van der Waals surface area contributed by atoms with E-state index in [1.54, 1.807) is 0 Å². The van der Waals surface area contributed by atoms with Gasteiger partial charge in [-0.05, 0) is 43.9 Å². The lowest BCUT2D eigenvalue weighted by Gasteiger charge is -2.30. The molecular formula is C23H25N3O. The van der Waals surface area contributed by atoms with Crippen LogP contribution in [0.15, 0.2) is 60.8 Å². The number of aromatic nitrogens is 2. The number of carbonyl (C=O) groups excluding carboxylic acids is 1. The van der Waals surface area contributed by atoms with E-state index in [1.807, 2.05) is 58.2 Å². The molecule has 0 unspecified atom stereocenters. The average molecular weight is 359 g/mol. The van der Waals surface area contributed by atoms with E-state index in [0.29, 0.717) is 11.5 Å². The van der Waals surface area contributed by atoms with Crippen molar-refractivity contribution in [2.75, 3.05) is 13.1 Å². The van der Waals surface area contributed by atoms with Crippen LogP contribution in [0.4, 0.5) is 0 Å². The van der Waals surface area contributed by atoms with Crippen molar-refractivity contribution >= 4 is 5.91 Å². The van der Waals surface area contributed by atoms with Crippen LogP contribution in [0.3, 0.4) is 0 Å². The van der Waals surface area contributed by atoms with E-state index in [1.165, 1.54) is 6.42 Å². The van der Waals surface area contributed by atoms with E-state index < -0.39 is 0 Å². The molecule has 0 spiro atoms. The van der Waals surface area contributed by atoms with E-state index in [0.717, 1.165) is 42.0 Å². The van der Waals surface area contributed by atoms with Crippen LogP contribution in [0.25, 0.3) is 16.9 Å². The van der Waals surface area contributed by atoms with Crippen molar-refractivity contribution in [1.82, 2.24) is 14.7 Å². The van der Waals surface area contributed by atoms with Gasteiger partial charge in [0.15, 0.2) is 0 Å². The van der Waals surface area contributed by atoms with Gasteiger partial charge in [0.1, 0.15) is 5.69 Å². The molecule has 27 heavy (non-hydrogen) atoms. The van der Waals surface area contributed by atoms with E-state index in [4.69, 9.17) is 5.10 Å². The Hall–Kier alpha value is -2.88. The largest absolute Gasteiger partial charge is 0.338 e. The zero-order valence-electron chi connectivity index (χ0n) is 15.9. The van der Waals surface area contributed by atoms with Gasteiger partial charge in [-0.25, -0.2) is 4.68 Å². The summed E-state index contributed by atoms with van der Waals surface area (Å²) in [4.78, 5) is 15.3. The van der Waals surface area contributed by atoms with Crippen LogP contribution in [0.1, 0.15) is 35.7 Å². The van der Waals surface area contributed by atoms with Crippen molar-refractivity contribution in [2.45, 2.75) is 26.7 Å². The molecule has 4 heteroatoms. The third kappa shape index (κ3) is 3.65. The van der Waals surface area contributed by atoms with Gasteiger partial charge in [0.2, 0.25) is 0 Å². The molecule has 1 aliphatic rings. The number of rotatable bonds is 3. The van der Waals surface area contributed by atoms with Gasteiger partial charge in [0, 0.05) is 24.8 Å². The lowest BCUT2D eigenvalue weighted by atomic mass is 9.99. The third-order valence-electron chi connectivity index (χ3n) is 5.20. The van der Waals surface area contributed by atoms with E-state index in [9.17, 15) is 4.79 Å². The Morgan fingerprint density at radius 1 is 1.11 bits per heavy atom. The Bertz CT molecular complexity index is 945. The first-order valence-electron chi connectivity index (χ1n) is 9.63. The first-order valence-corrected chi connectivity index (χ1v) is 9.63. The summed E-state index contributed by atoms with van der Waals surface area (Å²) in [7, 11) is 0. The van der Waals surface area contributed by atoms with Gasteiger partial charge in [0.25, 0.3) is 5.91 Å². The molecular weight excluding hydrogens is 334 g/mol. The number of hydrogen-bond acceptors (Lipinski definition) is 2. The van der Waals surface area contributed by atoms with Crippen LogP contribution in [0.5, 0.6) is 0 Å². The van der Waals surface area contributed by atoms with Crippen LogP contribution in [0.2, 0.25) is 0 Å². The summed E-state index contributed by atoms with van der Waals surface area (Å²) in [6, 6.07) is 18.2. The highest BCUT2D eigenvalue weighted by Crippen LogP contribution is 2.27. The van der Waals surface area contributed by atoms with E-state index in [-0.39, 0.29) is 5.91 Å². The minimum atomic E-state index is 0.0836.